The van der Waals surface area contributed by atoms with Crippen molar-refractivity contribution in [3.05, 3.63) is 0 Å². The van der Waals surface area contributed by atoms with Gasteiger partial charge in [-0.15, -0.1) is 0 Å². The lowest BCUT2D eigenvalue weighted by Gasteiger charge is -2.48. The predicted molar refractivity (Wildman–Crippen MR) is 46.3 cm³/mol. The highest BCUT2D eigenvalue weighted by Crippen LogP contribution is 2.52. The molecular formula is C11H18. The molecule has 0 radical (unpaired) electrons. The molecule has 0 N–H and O–H groups in total. The molecule has 0 heteroatoms. The third kappa shape index (κ3) is 0.947. The van der Waals surface area contributed by atoms with Crippen molar-refractivity contribution in [2.24, 2.45) is 23.7 Å². The lowest BCUT2D eigenvalue weighted by atomic mass is 9.58. The smallest absolute Gasteiger partial charge is 0.0381 e. The minimum atomic E-state index is 1.16. The van der Waals surface area contributed by atoms with E-state index in [1.807, 2.05) is 0 Å². The van der Waals surface area contributed by atoms with Crippen LogP contribution in [0.3, 0.4) is 0 Å². The van der Waals surface area contributed by atoms with Crippen LogP contribution in [-0.2, 0) is 0 Å². The molecule has 62 valence electrons. The molecule has 3 fully saturated rings. The third-order valence-corrected chi connectivity index (χ3v) is 4.50. The first-order valence-corrected chi connectivity index (χ1v) is 5.42. The summed E-state index contributed by atoms with van der Waals surface area (Å²) in [6.07, 6.45) is 11.2. The van der Waals surface area contributed by atoms with Gasteiger partial charge in [0.25, 0.3) is 0 Å². The minimum absolute atomic E-state index is 1.16. The van der Waals surface area contributed by atoms with E-state index in [1.54, 1.807) is 44.9 Å². The maximum atomic E-state index is 1.61. The van der Waals surface area contributed by atoms with Crippen molar-refractivity contribution in [1.29, 1.82) is 0 Å². The summed E-state index contributed by atoms with van der Waals surface area (Å²) in [4.78, 5) is 0. The lowest BCUT2D eigenvalue weighted by molar-refractivity contribution is 0.0321. The molecule has 0 amide bonds. The van der Waals surface area contributed by atoms with E-state index in [1.165, 1.54) is 11.8 Å². The van der Waals surface area contributed by atoms with E-state index in [0.717, 1.165) is 11.8 Å². The highest BCUT2D eigenvalue weighted by Gasteiger charge is 2.40. The average Bonchev–Trinajstić information content (AvgIpc) is 2.01. The van der Waals surface area contributed by atoms with Crippen molar-refractivity contribution < 1.29 is 0 Å². The fourth-order valence-corrected chi connectivity index (χ4v) is 3.99. The molecule has 0 spiro atoms. The van der Waals surface area contributed by atoms with Gasteiger partial charge in [-0.25, -0.2) is 0 Å². The Bertz CT molecular complexity index is 141. The van der Waals surface area contributed by atoms with Crippen LogP contribution >= 0.6 is 0 Å². The zero-order valence-electron chi connectivity index (χ0n) is 7.26. The summed E-state index contributed by atoms with van der Waals surface area (Å²) in [5.74, 6) is 4.68. The molecule has 0 aromatic heterocycles. The van der Waals surface area contributed by atoms with E-state index in [-0.39, 0.29) is 0 Å². The van der Waals surface area contributed by atoms with Crippen LogP contribution in [0, 0.1) is 23.7 Å². The number of rotatable bonds is 0. The Kier molecular flexibility index (Phi) is 1.33. The maximum absolute atomic E-state index is 1.61. The second-order valence-corrected chi connectivity index (χ2v) is 5.11. The summed E-state index contributed by atoms with van der Waals surface area (Å²) < 4.78 is 0. The first kappa shape index (κ1) is 6.51. The normalized spacial score (nSPS) is 54.5. The van der Waals surface area contributed by atoms with Gasteiger partial charge in [0.1, 0.15) is 0 Å². The monoisotopic (exact) mass is 150 g/mol. The van der Waals surface area contributed by atoms with Crippen LogP contribution in [-0.4, -0.2) is 0 Å². The van der Waals surface area contributed by atoms with Gasteiger partial charge in [0.05, 0.1) is 0 Å². The Labute approximate surface area is 69.4 Å². The first-order chi connectivity index (χ1) is 5.42. The number of hydrogen-bond donors (Lipinski definition) is 0. The van der Waals surface area contributed by atoms with Crippen LogP contribution in [0.5, 0.6) is 0 Å². The Balaban J connectivity index is 1.87. The van der Waals surface area contributed by atoms with E-state index >= 15 is 0 Å². The molecule has 3 unspecified atom stereocenters. The van der Waals surface area contributed by atoms with Gasteiger partial charge in [-0.05, 0) is 55.8 Å². The molecule has 0 aromatic carbocycles. The summed E-state index contributed by atoms with van der Waals surface area (Å²) >= 11 is 0. The molecule has 11 heavy (non-hydrogen) atoms. The average molecular weight is 150 g/mol. The van der Waals surface area contributed by atoms with Gasteiger partial charge in [0.2, 0.25) is 0 Å². The second-order valence-electron chi connectivity index (χ2n) is 5.11. The first-order valence-electron chi connectivity index (χ1n) is 5.42. The van der Waals surface area contributed by atoms with E-state index in [4.69, 9.17) is 0 Å². The summed E-state index contributed by atoms with van der Waals surface area (Å²) in [7, 11) is 0. The molecule has 0 heterocycles. The van der Waals surface area contributed by atoms with Gasteiger partial charge in [-0.3, -0.25) is 0 Å². The summed E-state index contributed by atoms with van der Waals surface area (Å²) in [6, 6.07) is 0. The summed E-state index contributed by atoms with van der Waals surface area (Å²) in [5, 5.41) is 0. The van der Waals surface area contributed by atoms with Crippen LogP contribution in [0.4, 0.5) is 0 Å². The molecular weight excluding hydrogens is 132 g/mol. The van der Waals surface area contributed by atoms with Gasteiger partial charge in [0, 0.05) is 0 Å². The lowest BCUT2D eigenvalue weighted by Crippen LogP contribution is -2.37. The SMILES string of the molecule is C1CC2CC[C@H]3CC1CC2C3. The van der Waals surface area contributed by atoms with Gasteiger partial charge in [0.15, 0.2) is 0 Å². The molecule has 3 aliphatic carbocycles. The van der Waals surface area contributed by atoms with E-state index in [2.05, 4.69) is 0 Å². The standard InChI is InChI=1S/C11H18/c1-3-10-4-2-9-5-8(1)6-11(10)7-9/h8-11H,1-7H2/t8-,9?,10?,11?/m0/s1. The van der Waals surface area contributed by atoms with E-state index in [0.29, 0.717) is 0 Å². The predicted octanol–water partition coefficient (Wildman–Crippen LogP) is 3.22. The van der Waals surface area contributed by atoms with Crippen molar-refractivity contribution in [3.8, 4) is 0 Å². The highest BCUT2D eigenvalue weighted by atomic mass is 14.5. The van der Waals surface area contributed by atoms with Crippen molar-refractivity contribution >= 4 is 0 Å². The highest BCUT2D eigenvalue weighted by molar-refractivity contribution is 4.91. The van der Waals surface area contributed by atoms with Crippen LogP contribution in [0.15, 0.2) is 0 Å². The van der Waals surface area contributed by atoms with Crippen molar-refractivity contribution in [1.82, 2.24) is 0 Å². The molecule has 0 nitrogen and oxygen atoms in total. The van der Waals surface area contributed by atoms with Crippen LogP contribution in [0.1, 0.15) is 44.9 Å². The topological polar surface area (TPSA) is 0 Å². The molecule has 3 bridgehead atoms. The van der Waals surface area contributed by atoms with Crippen LogP contribution < -0.4 is 0 Å². The number of fused-ring (bicyclic) bond motifs is 2. The Hall–Kier alpha value is 0. The second kappa shape index (κ2) is 2.24. The van der Waals surface area contributed by atoms with Crippen LogP contribution in [0.2, 0.25) is 0 Å². The van der Waals surface area contributed by atoms with Gasteiger partial charge in [-0.1, -0.05) is 12.8 Å². The van der Waals surface area contributed by atoms with Crippen molar-refractivity contribution in [2.75, 3.05) is 0 Å². The zero-order chi connectivity index (χ0) is 7.26. The molecule has 3 rings (SSSR count). The van der Waals surface area contributed by atoms with E-state index in [9.17, 15) is 0 Å². The summed E-state index contributed by atoms with van der Waals surface area (Å²) in [5.41, 5.74) is 0. The molecule has 0 aromatic rings. The third-order valence-electron chi connectivity index (χ3n) is 4.50. The van der Waals surface area contributed by atoms with Crippen molar-refractivity contribution in [2.45, 2.75) is 44.9 Å². The quantitative estimate of drug-likeness (QED) is 0.497. The molecule has 4 atom stereocenters. The Morgan fingerprint density at radius 1 is 0.545 bits per heavy atom. The largest absolute Gasteiger partial charge is 0.0502 e. The maximum Gasteiger partial charge on any atom is -0.0381 e. The minimum Gasteiger partial charge on any atom is -0.0502 e. The number of hydrogen-bond acceptors (Lipinski definition) is 0. The van der Waals surface area contributed by atoms with Crippen molar-refractivity contribution in [3.63, 3.8) is 0 Å². The zero-order valence-corrected chi connectivity index (χ0v) is 7.26. The summed E-state index contributed by atoms with van der Waals surface area (Å²) in [6.45, 7) is 0. The van der Waals surface area contributed by atoms with Gasteiger partial charge in [-0.2, -0.15) is 0 Å². The molecule has 3 aliphatic rings. The fourth-order valence-electron chi connectivity index (χ4n) is 3.99. The van der Waals surface area contributed by atoms with Gasteiger partial charge >= 0.3 is 0 Å². The van der Waals surface area contributed by atoms with Crippen LogP contribution in [0.25, 0.3) is 0 Å². The molecule has 3 saturated carbocycles. The Morgan fingerprint density at radius 3 is 1.82 bits per heavy atom. The molecule has 0 saturated heterocycles. The van der Waals surface area contributed by atoms with E-state index < -0.39 is 0 Å². The Morgan fingerprint density at radius 2 is 1.18 bits per heavy atom. The molecule has 0 aliphatic heterocycles. The van der Waals surface area contributed by atoms with Gasteiger partial charge < -0.3 is 0 Å². The fraction of sp³-hybridized carbons (Fsp3) is 1.00.